The number of rotatable bonds is 13. The summed E-state index contributed by atoms with van der Waals surface area (Å²) in [6.45, 7) is 2.23. The highest BCUT2D eigenvalue weighted by Crippen LogP contribution is 2.26. The minimum absolute atomic E-state index is 0.0392. The molecule has 0 aliphatic carbocycles. The van der Waals surface area contributed by atoms with Crippen LogP contribution in [-0.4, -0.2) is 26.3 Å². The van der Waals surface area contributed by atoms with Crippen LogP contribution >= 0.6 is 0 Å². The quantitative estimate of drug-likeness (QED) is 0.320. The van der Waals surface area contributed by atoms with Gasteiger partial charge in [0.2, 0.25) is 5.91 Å². The van der Waals surface area contributed by atoms with E-state index in [0.29, 0.717) is 17.9 Å². The maximum Gasteiger partial charge on any atom is 0.240 e. The normalized spacial score (nSPS) is 10.8. The molecule has 5 heteroatoms. The first-order valence-electron chi connectivity index (χ1n) is 9.25. The summed E-state index contributed by atoms with van der Waals surface area (Å²) in [6.07, 6.45) is 11.9. The molecule has 1 aromatic rings. The number of hydrazone groups is 1. The van der Waals surface area contributed by atoms with Gasteiger partial charge >= 0.3 is 0 Å². The molecule has 0 aliphatic heterocycles. The molecule has 140 valence electrons. The van der Waals surface area contributed by atoms with Gasteiger partial charge in [-0.05, 0) is 30.2 Å². The molecule has 1 amide bonds. The molecule has 1 N–H and O–H groups in total. The number of nitrogens with zero attached hydrogens (tertiary/aromatic N) is 1. The van der Waals surface area contributed by atoms with Gasteiger partial charge in [0.25, 0.3) is 0 Å². The number of carbonyl (C=O) groups excluding carboxylic acids is 1. The van der Waals surface area contributed by atoms with Crippen molar-refractivity contribution in [3.63, 3.8) is 0 Å². The summed E-state index contributed by atoms with van der Waals surface area (Å²) in [7, 11) is 3.18. The van der Waals surface area contributed by atoms with Crippen LogP contribution in [-0.2, 0) is 4.79 Å². The van der Waals surface area contributed by atoms with Crippen molar-refractivity contribution in [3.05, 3.63) is 23.8 Å². The molecular formula is C20H32N2O3. The first-order valence-corrected chi connectivity index (χ1v) is 9.25. The predicted molar refractivity (Wildman–Crippen MR) is 103 cm³/mol. The van der Waals surface area contributed by atoms with Crippen molar-refractivity contribution >= 4 is 12.1 Å². The van der Waals surface area contributed by atoms with Crippen LogP contribution in [0, 0.1) is 0 Å². The van der Waals surface area contributed by atoms with Crippen molar-refractivity contribution in [3.8, 4) is 11.5 Å². The Hall–Kier alpha value is -2.04. The lowest BCUT2D eigenvalue weighted by Gasteiger charge is -2.07. The molecule has 0 bridgehead atoms. The molecule has 0 fully saturated rings. The largest absolute Gasteiger partial charge is 0.493 e. The Labute approximate surface area is 151 Å². The molecular weight excluding hydrogens is 316 g/mol. The SMILES string of the molecule is CCCCCCCCCCC(=O)NN=Cc1ccc(OC)c(OC)c1. The van der Waals surface area contributed by atoms with E-state index in [4.69, 9.17) is 9.47 Å². The van der Waals surface area contributed by atoms with Gasteiger partial charge in [-0.2, -0.15) is 5.10 Å². The monoisotopic (exact) mass is 348 g/mol. The average Bonchev–Trinajstić information content (AvgIpc) is 2.63. The molecule has 1 aromatic carbocycles. The van der Waals surface area contributed by atoms with Gasteiger partial charge in [-0.15, -0.1) is 0 Å². The van der Waals surface area contributed by atoms with Gasteiger partial charge in [0, 0.05) is 6.42 Å². The molecule has 5 nitrogen and oxygen atoms in total. The number of amides is 1. The summed E-state index contributed by atoms with van der Waals surface area (Å²) < 4.78 is 10.4. The van der Waals surface area contributed by atoms with Crippen molar-refractivity contribution < 1.29 is 14.3 Å². The molecule has 1 rings (SSSR count). The summed E-state index contributed by atoms with van der Waals surface area (Å²) >= 11 is 0. The zero-order valence-electron chi connectivity index (χ0n) is 15.8. The lowest BCUT2D eigenvalue weighted by molar-refractivity contribution is -0.121. The fourth-order valence-electron chi connectivity index (χ4n) is 2.59. The highest BCUT2D eigenvalue weighted by molar-refractivity contribution is 5.83. The van der Waals surface area contributed by atoms with Gasteiger partial charge in [-0.3, -0.25) is 4.79 Å². The minimum atomic E-state index is -0.0392. The molecule has 0 heterocycles. The fraction of sp³-hybridized carbons (Fsp3) is 0.600. The fourth-order valence-corrected chi connectivity index (χ4v) is 2.59. The van der Waals surface area contributed by atoms with Gasteiger partial charge < -0.3 is 9.47 Å². The van der Waals surface area contributed by atoms with Crippen molar-refractivity contribution in [2.45, 2.75) is 64.7 Å². The number of carbonyl (C=O) groups is 1. The first-order chi connectivity index (χ1) is 12.2. The van der Waals surface area contributed by atoms with Crippen LogP contribution in [0.1, 0.15) is 70.3 Å². The lowest BCUT2D eigenvalue weighted by Crippen LogP contribution is -2.16. The maximum absolute atomic E-state index is 11.8. The topological polar surface area (TPSA) is 59.9 Å². The second-order valence-corrected chi connectivity index (χ2v) is 6.13. The second-order valence-electron chi connectivity index (χ2n) is 6.13. The number of benzene rings is 1. The third kappa shape index (κ3) is 9.13. The first kappa shape index (κ1) is 21.0. The van der Waals surface area contributed by atoms with Gasteiger partial charge in [0.05, 0.1) is 20.4 Å². The summed E-state index contributed by atoms with van der Waals surface area (Å²) in [5.41, 5.74) is 3.41. The summed E-state index contributed by atoms with van der Waals surface area (Å²) in [6, 6.07) is 5.48. The van der Waals surface area contributed by atoms with Gasteiger partial charge in [-0.1, -0.05) is 51.9 Å². The summed E-state index contributed by atoms with van der Waals surface area (Å²) in [5, 5.41) is 4.00. The molecule has 25 heavy (non-hydrogen) atoms. The van der Waals surface area contributed by atoms with Crippen LogP contribution < -0.4 is 14.9 Å². The van der Waals surface area contributed by atoms with Gasteiger partial charge in [-0.25, -0.2) is 5.43 Å². The molecule has 0 radical (unpaired) electrons. The molecule has 0 aliphatic rings. The number of unbranched alkanes of at least 4 members (excludes halogenated alkanes) is 7. The van der Waals surface area contributed by atoms with Crippen LogP contribution in [0.4, 0.5) is 0 Å². The Morgan fingerprint density at radius 1 is 1.00 bits per heavy atom. The smallest absolute Gasteiger partial charge is 0.240 e. The van der Waals surface area contributed by atoms with Gasteiger partial charge in [0.15, 0.2) is 11.5 Å². The van der Waals surface area contributed by atoms with E-state index in [9.17, 15) is 4.79 Å². The van der Waals surface area contributed by atoms with Crippen molar-refractivity contribution in [1.82, 2.24) is 5.43 Å². The zero-order valence-corrected chi connectivity index (χ0v) is 15.8. The predicted octanol–water partition coefficient (Wildman–Crippen LogP) is 4.68. The Morgan fingerprint density at radius 3 is 2.28 bits per heavy atom. The zero-order chi connectivity index (χ0) is 18.3. The number of methoxy groups -OCH3 is 2. The van der Waals surface area contributed by atoms with E-state index in [1.54, 1.807) is 20.4 Å². The highest BCUT2D eigenvalue weighted by atomic mass is 16.5. The minimum Gasteiger partial charge on any atom is -0.493 e. The summed E-state index contributed by atoms with van der Waals surface area (Å²) in [4.78, 5) is 11.8. The van der Waals surface area contributed by atoms with Crippen molar-refractivity contribution in [2.75, 3.05) is 14.2 Å². The third-order valence-electron chi connectivity index (χ3n) is 4.07. The van der Waals surface area contributed by atoms with E-state index >= 15 is 0 Å². The van der Waals surface area contributed by atoms with Crippen LogP contribution in [0.15, 0.2) is 23.3 Å². The van der Waals surface area contributed by atoms with Crippen molar-refractivity contribution in [1.29, 1.82) is 0 Å². The molecule has 0 saturated heterocycles. The van der Waals surface area contributed by atoms with E-state index in [0.717, 1.165) is 18.4 Å². The second kappa shape index (κ2) is 13.3. The number of ether oxygens (including phenoxy) is 2. The Balaban J connectivity index is 2.20. The van der Waals surface area contributed by atoms with Crippen LogP contribution in [0.5, 0.6) is 11.5 Å². The van der Waals surface area contributed by atoms with E-state index in [1.807, 2.05) is 18.2 Å². The standard InChI is InChI=1S/C20H32N2O3/c1-4-5-6-7-8-9-10-11-12-20(23)22-21-16-17-13-14-18(24-2)19(15-17)25-3/h13-16H,4-12H2,1-3H3,(H,22,23). The van der Waals surface area contributed by atoms with E-state index in [-0.39, 0.29) is 5.91 Å². The molecule has 0 saturated carbocycles. The van der Waals surface area contributed by atoms with Crippen molar-refractivity contribution in [2.24, 2.45) is 5.10 Å². The maximum atomic E-state index is 11.8. The van der Waals surface area contributed by atoms with Gasteiger partial charge in [0.1, 0.15) is 0 Å². The van der Waals surface area contributed by atoms with E-state index in [2.05, 4.69) is 17.5 Å². The summed E-state index contributed by atoms with van der Waals surface area (Å²) in [5.74, 6) is 1.26. The Morgan fingerprint density at radius 2 is 1.64 bits per heavy atom. The highest BCUT2D eigenvalue weighted by Gasteiger charge is 2.03. The Kier molecular flexibility index (Phi) is 11.2. The average molecular weight is 348 g/mol. The van der Waals surface area contributed by atoms with Crippen LogP contribution in [0.3, 0.4) is 0 Å². The molecule has 0 atom stereocenters. The third-order valence-corrected chi connectivity index (χ3v) is 4.07. The molecule has 0 aromatic heterocycles. The van der Waals surface area contributed by atoms with Crippen LogP contribution in [0.2, 0.25) is 0 Å². The van der Waals surface area contributed by atoms with Crippen LogP contribution in [0.25, 0.3) is 0 Å². The lowest BCUT2D eigenvalue weighted by atomic mass is 10.1. The van der Waals surface area contributed by atoms with E-state index in [1.165, 1.54) is 38.5 Å². The number of nitrogens with one attached hydrogen (secondary N) is 1. The van der Waals surface area contributed by atoms with E-state index < -0.39 is 0 Å². The molecule has 0 unspecified atom stereocenters. The number of hydrogen-bond acceptors (Lipinski definition) is 4. The number of hydrogen-bond donors (Lipinski definition) is 1. The molecule has 0 spiro atoms. The Bertz CT molecular complexity index is 530.